The van der Waals surface area contributed by atoms with Crippen LogP contribution in [0.25, 0.3) is 10.9 Å². The van der Waals surface area contributed by atoms with Gasteiger partial charge in [0.2, 0.25) is 0 Å². The van der Waals surface area contributed by atoms with Gasteiger partial charge in [-0.15, -0.1) is 0 Å². The van der Waals surface area contributed by atoms with E-state index in [0.717, 1.165) is 11.8 Å². The zero-order chi connectivity index (χ0) is 13.2. The maximum absolute atomic E-state index is 12.4. The molecule has 2 nitrogen and oxygen atoms in total. The van der Waals surface area contributed by atoms with Gasteiger partial charge in [-0.25, -0.2) is 0 Å². The second-order valence-electron chi connectivity index (χ2n) is 4.25. The van der Waals surface area contributed by atoms with Crippen molar-refractivity contribution in [1.82, 2.24) is 4.57 Å². The molecule has 0 saturated carbocycles. The lowest BCUT2D eigenvalue weighted by molar-refractivity contribution is 0.318. The van der Waals surface area contributed by atoms with Crippen LogP contribution in [0.5, 0.6) is 5.75 Å². The van der Waals surface area contributed by atoms with Gasteiger partial charge in [-0.2, -0.15) is 0 Å². The lowest BCUT2D eigenvalue weighted by Gasteiger charge is -2.15. The lowest BCUT2D eigenvalue weighted by atomic mass is 9.92. The number of hydrogen-bond donors (Lipinski definition) is 0. The number of ether oxygens (including phenoxy) is 1. The minimum atomic E-state index is -4.82. The fourth-order valence-electron chi connectivity index (χ4n) is 1.87. The van der Waals surface area contributed by atoms with E-state index in [1.807, 2.05) is 6.92 Å². The first-order valence-electron chi connectivity index (χ1n) is 5.92. The smallest absolute Gasteiger partial charge is 0.494 e. The topological polar surface area (TPSA) is 14.2 Å². The molecule has 0 radical (unpaired) electrons. The SMILES string of the molecule is CCCOc1ccc2c(ccn2C[B-](F)(F)F)c1. The Morgan fingerprint density at radius 3 is 2.67 bits per heavy atom. The molecule has 1 heterocycles. The number of hydrogen-bond acceptors (Lipinski definition) is 1. The average Bonchev–Trinajstić information content (AvgIpc) is 2.67. The van der Waals surface area contributed by atoms with Crippen LogP contribution in [0.15, 0.2) is 30.5 Å². The zero-order valence-corrected chi connectivity index (χ0v) is 10.1. The third kappa shape index (κ3) is 3.00. The molecule has 18 heavy (non-hydrogen) atoms. The van der Waals surface area contributed by atoms with Gasteiger partial charge in [-0.05, 0) is 37.1 Å². The van der Waals surface area contributed by atoms with Crippen LogP contribution in [0.1, 0.15) is 13.3 Å². The summed E-state index contributed by atoms with van der Waals surface area (Å²) in [6.45, 7) is -2.22. The average molecular weight is 256 g/mol. The number of halogens is 3. The summed E-state index contributed by atoms with van der Waals surface area (Å²) in [5.41, 5.74) is 0.582. The minimum Gasteiger partial charge on any atom is -0.494 e. The Labute approximate surface area is 103 Å². The van der Waals surface area contributed by atoms with Crippen molar-refractivity contribution in [2.24, 2.45) is 0 Å². The van der Waals surface area contributed by atoms with Crippen LogP contribution < -0.4 is 4.74 Å². The van der Waals surface area contributed by atoms with E-state index in [9.17, 15) is 12.9 Å². The molecule has 6 heteroatoms. The Kier molecular flexibility index (Phi) is 3.54. The van der Waals surface area contributed by atoms with E-state index < -0.39 is 13.4 Å². The molecular weight excluding hydrogens is 242 g/mol. The molecule has 0 amide bonds. The first kappa shape index (κ1) is 12.9. The van der Waals surface area contributed by atoms with E-state index in [1.165, 1.54) is 10.8 Å². The van der Waals surface area contributed by atoms with Crippen molar-refractivity contribution < 1.29 is 17.7 Å². The van der Waals surface area contributed by atoms with Crippen LogP contribution in [0.3, 0.4) is 0 Å². The summed E-state index contributed by atoms with van der Waals surface area (Å²) in [6, 6.07) is 6.82. The van der Waals surface area contributed by atoms with Crippen molar-refractivity contribution >= 4 is 17.9 Å². The van der Waals surface area contributed by atoms with Crippen LogP contribution >= 0.6 is 0 Å². The van der Waals surface area contributed by atoms with Crippen molar-refractivity contribution in [2.45, 2.75) is 19.8 Å². The van der Waals surface area contributed by atoms with Crippen LogP contribution in [0.2, 0.25) is 0 Å². The largest absolute Gasteiger partial charge is 0.497 e. The third-order valence-corrected chi connectivity index (χ3v) is 2.62. The molecule has 0 aliphatic carbocycles. The van der Waals surface area contributed by atoms with Gasteiger partial charge < -0.3 is 22.3 Å². The summed E-state index contributed by atoms with van der Waals surface area (Å²) in [4.78, 5) is 0. The quantitative estimate of drug-likeness (QED) is 0.742. The molecule has 0 bridgehead atoms. The summed E-state index contributed by atoms with van der Waals surface area (Å²) in [6.07, 6.45) is 1.46. The van der Waals surface area contributed by atoms with Crippen molar-refractivity contribution in [3.05, 3.63) is 30.5 Å². The first-order valence-corrected chi connectivity index (χ1v) is 5.92. The van der Waals surface area contributed by atoms with Crippen molar-refractivity contribution in [2.75, 3.05) is 6.61 Å². The van der Waals surface area contributed by atoms with E-state index in [4.69, 9.17) is 4.74 Å². The molecule has 2 rings (SSSR count). The van der Waals surface area contributed by atoms with E-state index in [2.05, 4.69) is 0 Å². The van der Waals surface area contributed by atoms with Gasteiger partial charge in [0, 0.05) is 17.1 Å². The van der Waals surface area contributed by atoms with Crippen LogP contribution in [0.4, 0.5) is 12.9 Å². The highest BCUT2D eigenvalue weighted by molar-refractivity contribution is 6.57. The minimum absolute atomic E-state index is 0.582. The molecule has 0 fully saturated rings. The second-order valence-corrected chi connectivity index (χ2v) is 4.25. The Balaban J connectivity index is 2.26. The molecule has 98 valence electrons. The Hall–Kier alpha value is -1.59. The molecule has 0 aliphatic heterocycles. The van der Waals surface area contributed by atoms with Gasteiger partial charge in [0.05, 0.1) is 6.61 Å². The predicted molar refractivity (Wildman–Crippen MR) is 66.8 cm³/mol. The van der Waals surface area contributed by atoms with Crippen LogP contribution in [-0.4, -0.2) is 18.2 Å². The summed E-state index contributed by atoms with van der Waals surface area (Å²) < 4.78 is 43.9. The summed E-state index contributed by atoms with van der Waals surface area (Å²) in [7, 11) is 0. The Morgan fingerprint density at radius 1 is 1.22 bits per heavy atom. The van der Waals surface area contributed by atoms with E-state index >= 15 is 0 Å². The molecule has 0 spiro atoms. The fourth-order valence-corrected chi connectivity index (χ4v) is 1.87. The molecule has 0 N–H and O–H groups in total. The van der Waals surface area contributed by atoms with E-state index in [0.29, 0.717) is 17.9 Å². The van der Waals surface area contributed by atoms with Gasteiger partial charge in [-0.3, -0.25) is 0 Å². The molecule has 0 aliphatic rings. The molecule has 0 saturated heterocycles. The maximum atomic E-state index is 12.4. The normalized spacial score (nSPS) is 12.0. The molecule has 0 atom stereocenters. The van der Waals surface area contributed by atoms with Crippen molar-refractivity contribution in [3.63, 3.8) is 0 Å². The number of fused-ring (bicyclic) bond motifs is 1. The van der Waals surface area contributed by atoms with Crippen LogP contribution in [-0.2, 0) is 6.44 Å². The molecular formula is C12H14BF3NO-. The highest BCUT2D eigenvalue weighted by Gasteiger charge is 2.23. The van der Waals surface area contributed by atoms with Crippen LogP contribution in [0, 0.1) is 0 Å². The van der Waals surface area contributed by atoms with E-state index in [1.54, 1.807) is 24.3 Å². The number of rotatable bonds is 5. The second kappa shape index (κ2) is 4.96. The predicted octanol–water partition coefficient (Wildman–Crippen LogP) is 3.82. The van der Waals surface area contributed by atoms with Gasteiger partial charge in [0.25, 0.3) is 0 Å². The highest BCUT2D eigenvalue weighted by Crippen LogP contribution is 2.24. The lowest BCUT2D eigenvalue weighted by Crippen LogP contribution is -2.23. The standard InChI is InChI=1S/C12H14BF3NO/c1-2-7-18-11-3-4-12-10(8-11)5-6-17(12)9-13(14,15)16/h3-6,8H,2,7,9H2,1H3/q-1. The Morgan fingerprint density at radius 2 is 2.00 bits per heavy atom. The van der Waals surface area contributed by atoms with Gasteiger partial charge in [0.1, 0.15) is 5.75 Å². The van der Waals surface area contributed by atoms with Crippen molar-refractivity contribution in [3.8, 4) is 5.75 Å². The maximum Gasteiger partial charge on any atom is 0.497 e. The third-order valence-electron chi connectivity index (χ3n) is 2.62. The van der Waals surface area contributed by atoms with Gasteiger partial charge in [-0.1, -0.05) is 6.92 Å². The highest BCUT2D eigenvalue weighted by atomic mass is 19.4. The number of nitrogens with zero attached hydrogens (tertiary/aromatic N) is 1. The molecule has 1 aromatic carbocycles. The summed E-state index contributed by atoms with van der Waals surface area (Å²) in [5.74, 6) is 0.694. The summed E-state index contributed by atoms with van der Waals surface area (Å²) >= 11 is 0. The number of benzene rings is 1. The molecule has 0 unspecified atom stereocenters. The Bertz CT molecular complexity index is 536. The number of aromatic nitrogens is 1. The molecule has 1 aromatic heterocycles. The zero-order valence-electron chi connectivity index (χ0n) is 10.1. The van der Waals surface area contributed by atoms with E-state index in [-0.39, 0.29) is 0 Å². The molecule has 2 aromatic rings. The van der Waals surface area contributed by atoms with Crippen molar-refractivity contribution in [1.29, 1.82) is 0 Å². The first-order chi connectivity index (χ1) is 8.49. The summed E-state index contributed by atoms with van der Waals surface area (Å²) in [5, 5.41) is 0.767. The van der Waals surface area contributed by atoms with Gasteiger partial charge >= 0.3 is 6.98 Å². The monoisotopic (exact) mass is 256 g/mol. The fraction of sp³-hybridized carbons (Fsp3) is 0.333. The van der Waals surface area contributed by atoms with Gasteiger partial charge in [0.15, 0.2) is 0 Å².